The highest BCUT2D eigenvalue weighted by molar-refractivity contribution is 5.97. The zero-order valence-corrected chi connectivity index (χ0v) is 13.9. The minimum atomic E-state index is -0.467. The highest BCUT2D eigenvalue weighted by atomic mass is 16.3. The van der Waals surface area contributed by atoms with Crippen LogP contribution in [0.25, 0.3) is 0 Å². The summed E-state index contributed by atoms with van der Waals surface area (Å²) in [5.41, 5.74) is 5.26. The molecule has 3 aromatic rings. The van der Waals surface area contributed by atoms with Gasteiger partial charge in [0, 0.05) is 6.21 Å². The van der Waals surface area contributed by atoms with E-state index in [1.807, 2.05) is 54.6 Å². The van der Waals surface area contributed by atoms with Crippen LogP contribution in [0, 0.1) is 0 Å². The Balaban J connectivity index is 1.59. The third kappa shape index (κ3) is 4.64. The Morgan fingerprint density at radius 1 is 0.808 bits per heavy atom. The first-order valence-corrected chi connectivity index (χ1v) is 8.03. The lowest BCUT2D eigenvalue weighted by Crippen LogP contribution is -2.17. The first-order chi connectivity index (χ1) is 12.7. The Morgan fingerprint density at radius 2 is 1.42 bits per heavy atom. The van der Waals surface area contributed by atoms with Crippen LogP contribution >= 0.6 is 0 Å². The van der Waals surface area contributed by atoms with Crippen LogP contribution in [0.4, 0.5) is 5.69 Å². The molecule has 0 aliphatic carbocycles. The monoisotopic (exact) mass is 343 g/mol. The standard InChI is InChI=1S/C21H17N3O2/c25-20-9-5-4-8-19(20)21(26)24-23-15-17-12-10-16(11-13-17)14-22-18-6-2-1-3-7-18/h1-15,25H,(H,24,26). The van der Waals surface area contributed by atoms with Crippen molar-refractivity contribution in [2.45, 2.75) is 0 Å². The van der Waals surface area contributed by atoms with Crippen molar-refractivity contribution in [3.05, 3.63) is 95.6 Å². The van der Waals surface area contributed by atoms with Crippen molar-refractivity contribution in [1.29, 1.82) is 0 Å². The SMILES string of the molecule is O=C(NN=Cc1ccc(C=Nc2ccccc2)cc1)c1ccccc1O. The molecule has 0 radical (unpaired) electrons. The van der Waals surface area contributed by atoms with E-state index in [1.165, 1.54) is 18.3 Å². The van der Waals surface area contributed by atoms with Crippen molar-refractivity contribution in [1.82, 2.24) is 5.43 Å². The summed E-state index contributed by atoms with van der Waals surface area (Å²) in [5.74, 6) is -0.548. The molecule has 0 aliphatic heterocycles. The van der Waals surface area contributed by atoms with E-state index in [4.69, 9.17) is 0 Å². The summed E-state index contributed by atoms with van der Waals surface area (Å²) in [6.45, 7) is 0. The zero-order chi connectivity index (χ0) is 18.2. The molecule has 3 aromatic carbocycles. The lowest BCUT2D eigenvalue weighted by atomic mass is 10.1. The average Bonchev–Trinajstić information content (AvgIpc) is 2.68. The molecule has 128 valence electrons. The molecule has 0 aliphatic rings. The highest BCUT2D eigenvalue weighted by Gasteiger charge is 2.08. The average molecular weight is 343 g/mol. The first-order valence-electron chi connectivity index (χ1n) is 8.03. The lowest BCUT2D eigenvalue weighted by molar-refractivity contribution is 0.0952. The number of nitrogens with one attached hydrogen (secondary N) is 1. The highest BCUT2D eigenvalue weighted by Crippen LogP contribution is 2.15. The molecular weight excluding hydrogens is 326 g/mol. The number of para-hydroxylation sites is 2. The molecule has 2 N–H and O–H groups in total. The molecule has 0 heterocycles. The van der Waals surface area contributed by atoms with Gasteiger partial charge < -0.3 is 5.11 Å². The summed E-state index contributed by atoms with van der Waals surface area (Å²) in [6, 6.07) is 23.6. The predicted octanol–water partition coefficient (Wildman–Crippen LogP) is 3.91. The van der Waals surface area contributed by atoms with Gasteiger partial charge >= 0.3 is 0 Å². The first kappa shape index (κ1) is 17.1. The van der Waals surface area contributed by atoms with Gasteiger partial charge in [0.2, 0.25) is 0 Å². The van der Waals surface area contributed by atoms with Gasteiger partial charge in [-0.15, -0.1) is 0 Å². The minimum Gasteiger partial charge on any atom is -0.507 e. The number of rotatable bonds is 5. The molecule has 0 saturated carbocycles. The molecule has 1 amide bonds. The zero-order valence-electron chi connectivity index (χ0n) is 13.9. The van der Waals surface area contributed by atoms with Crippen molar-refractivity contribution in [3.8, 4) is 5.75 Å². The Hall–Kier alpha value is -3.73. The van der Waals surface area contributed by atoms with Crippen LogP contribution in [0.1, 0.15) is 21.5 Å². The van der Waals surface area contributed by atoms with Gasteiger partial charge in [-0.1, -0.05) is 54.6 Å². The van der Waals surface area contributed by atoms with E-state index in [1.54, 1.807) is 18.3 Å². The summed E-state index contributed by atoms with van der Waals surface area (Å²) >= 11 is 0. The molecule has 0 aromatic heterocycles. The van der Waals surface area contributed by atoms with Gasteiger partial charge in [-0.3, -0.25) is 9.79 Å². The van der Waals surface area contributed by atoms with Crippen LogP contribution < -0.4 is 5.43 Å². The van der Waals surface area contributed by atoms with Crippen LogP contribution in [0.15, 0.2) is 89.0 Å². The molecule has 5 heteroatoms. The maximum atomic E-state index is 11.9. The maximum Gasteiger partial charge on any atom is 0.275 e. The van der Waals surface area contributed by atoms with E-state index in [9.17, 15) is 9.90 Å². The summed E-state index contributed by atoms with van der Waals surface area (Å²) in [5, 5.41) is 13.5. The second-order valence-electron chi connectivity index (χ2n) is 5.48. The number of aromatic hydroxyl groups is 1. The van der Waals surface area contributed by atoms with Crippen LogP contribution in [0.5, 0.6) is 5.75 Å². The smallest absolute Gasteiger partial charge is 0.275 e. The molecule has 3 rings (SSSR count). The van der Waals surface area contributed by atoms with E-state index in [0.717, 1.165) is 16.8 Å². The topological polar surface area (TPSA) is 74.0 Å². The number of aliphatic imine (C=N–C) groups is 1. The molecular formula is C21H17N3O2. The molecule has 0 spiro atoms. The quantitative estimate of drug-likeness (QED) is 0.544. The van der Waals surface area contributed by atoms with Crippen molar-refractivity contribution in [3.63, 3.8) is 0 Å². The van der Waals surface area contributed by atoms with E-state index < -0.39 is 5.91 Å². The van der Waals surface area contributed by atoms with Gasteiger partial charge in [0.25, 0.3) is 5.91 Å². The minimum absolute atomic E-state index is 0.0812. The number of hydrogen-bond donors (Lipinski definition) is 2. The number of carbonyl (C=O) groups is 1. The number of carbonyl (C=O) groups excluding carboxylic acids is 1. The Bertz CT molecular complexity index is 933. The third-order valence-corrected chi connectivity index (χ3v) is 3.58. The van der Waals surface area contributed by atoms with E-state index in [-0.39, 0.29) is 11.3 Å². The number of hydrazone groups is 1. The summed E-state index contributed by atoms with van der Waals surface area (Å²) < 4.78 is 0. The fourth-order valence-electron chi connectivity index (χ4n) is 2.22. The molecule has 0 fully saturated rings. The van der Waals surface area contributed by atoms with Crippen LogP contribution in [0.3, 0.4) is 0 Å². The lowest BCUT2D eigenvalue weighted by Gasteiger charge is -2.02. The molecule has 5 nitrogen and oxygen atoms in total. The Labute approximate surface area is 151 Å². The van der Waals surface area contributed by atoms with Gasteiger partial charge in [0.1, 0.15) is 5.75 Å². The number of amides is 1. The van der Waals surface area contributed by atoms with Crippen LogP contribution in [0.2, 0.25) is 0 Å². The predicted molar refractivity (Wildman–Crippen MR) is 103 cm³/mol. The third-order valence-electron chi connectivity index (χ3n) is 3.58. The largest absolute Gasteiger partial charge is 0.507 e. The summed E-state index contributed by atoms with van der Waals surface area (Å²) in [4.78, 5) is 16.3. The molecule has 26 heavy (non-hydrogen) atoms. The molecule has 0 unspecified atom stereocenters. The number of hydrogen-bond acceptors (Lipinski definition) is 4. The molecule has 0 bridgehead atoms. The number of phenols is 1. The van der Waals surface area contributed by atoms with Gasteiger partial charge in [0.05, 0.1) is 17.5 Å². The number of nitrogens with zero attached hydrogens (tertiary/aromatic N) is 2. The fourth-order valence-corrected chi connectivity index (χ4v) is 2.22. The van der Waals surface area contributed by atoms with Gasteiger partial charge in [-0.05, 0) is 35.4 Å². The summed E-state index contributed by atoms with van der Waals surface area (Å²) in [7, 11) is 0. The van der Waals surface area contributed by atoms with E-state index >= 15 is 0 Å². The number of phenolic OH excluding ortho intramolecular Hbond substituents is 1. The van der Waals surface area contributed by atoms with Crippen molar-refractivity contribution < 1.29 is 9.90 Å². The second-order valence-corrected chi connectivity index (χ2v) is 5.48. The molecule has 0 saturated heterocycles. The van der Waals surface area contributed by atoms with Crippen LogP contribution in [-0.2, 0) is 0 Å². The fraction of sp³-hybridized carbons (Fsp3) is 0. The Kier molecular flexibility index (Phi) is 5.52. The normalized spacial score (nSPS) is 11.1. The molecule has 0 atom stereocenters. The second kappa shape index (κ2) is 8.39. The van der Waals surface area contributed by atoms with Gasteiger partial charge in [-0.2, -0.15) is 5.10 Å². The number of benzene rings is 3. The maximum absolute atomic E-state index is 11.9. The van der Waals surface area contributed by atoms with Crippen LogP contribution in [-0.4, -0.2) is 23.4 Å². The van der Waals surface area contributed by atoms with E-state index in [2.05, 4.69) is 15.5 Å². The van der Waals surface area contributed by atoms with Crippen molar-refractivity contribution in [2.75, 3.05) is 0 Å². The van der Waals surface area contributed by atoms with Crippen molar-refractivity contribution in [2.24, 2.45) is 10.1 Å². The summed E-state index contributed by atoms with van der Waals surface area (Å²) in [6.07, 6.45) is 3.33. The van der Waals surface area contributed by atoms with Gasteiger partial charge in [0.15, 0.2) is 0 Å². The Morgan fingerprint density at radius 3 is 2.12 bits per heavy atom. The van der Waals surface area contributed by atoms with Gasteiger partial charge in [-0.25, -0.2) is 5.43 Å². The van der Waals surface area contributed by atoms with Crippen molar-refractivity contribution >= 4 is 24.0 Å². The van der Waals surface area contributed by atoms with E-state index in [0.29, 0.717) is 0 Å².